The van der Waals surface area contributed by atoms with Crippen molar-refractivity contribution in [2.24, 2.45) is 5.92 Å². The van der Waals surface area contributed by atoms with Crippen molar-refractivity contribution in [3.05, 3.63) is 18.2 Å². The fraction of sp³-hybridized carbons (Fsp3) is 0.526. The van der Waals surface area contributed by atoms with Crippen molar-refractivity contribution in [3.63, 3.8) is 0 Å². The Morgan fingerprint density at radius 3 is 2.83 bits per heavy atom. The van der Waals surface area contributed by atoms with Crippen LogP contribution in [0.1, 0.15) is 13.3 Å². The number of carbonyl (C=O) groups excluding carboxylic acids is 3. The van der Waals surface area contributed by atoms with E-state index in [1.807, 2.05) is 18.2 Å². The topological polar surface area (TPSA) is 115 Å². The Labute approximate surface area is 183 Å². The summed E-state index contributed by atoms with van der Waals surface area (Å²) in [6.07, 6.45) is -0.189. The number of fused-ring (bicyclic) bond motifs is 1. The third-order valence-electron chi connectivity index (χ3n) is 4.49. The quantitative estimate of drug-likeness (QED) is 0.506. The van der Waals surface area contributed by atoms with E-state index in [9.17, 15) is 14.4 Å². The summed E-state index contributed by atoms with van der Waals surface area (Å²) in [5, 5.41) is 7.43. The first-order valence-corrected chi connectivity index (χ1v) is 11.5. The van der Waals surface area contributed by atoms with E-state index >= 15 is 0 Å². The van der Waals surface area contributed by atoms with Gasteiger partial charge in [-0.1, -0.05) is 11.8 Å². The summed E-state index contributed by atoms with van der Waals surface area (Å²) in [5.74, 6) is 0.295. The van der Waals surface area contributed by atoms with Gasteiger partial charge in [-0.3, -0.25) is 14.9 Å². The highest BCUT2D eigenvalue weighted by Crippen LogP contribution is 2.41. The molecular weight excluding hydrogens is 430 g/mol. The summed E-state index contributed by atoms with van der Waals surface area (Å²) in [7, 11) is 1.61. The molecule has 3 amide bonds. The monoisotopic (exact) mass is 455 g/mol. The molecule has 11 heteroatoms. The van der Waals surface area contributed by atoms with E-state index in [0.717, 1.165) is 16.3 Å². The van der Waals surface area contributed by atoms with Crippen molar-refractivity contribution in [2.45, 2.75) is 29.0 Å². The fourth-order valence-corrected chi connectivity index (χ4v) is 5.43. The number of rotatable bonds is 8. The zero-order chi connectivity index (χ0) is 21.5. The van der Waals surface area contributed by atoms with Gasteiger partial charge >= 0.3 is 6.09 Å². The Hall–Kier alpha value is -2.11. The maximum atomic E-state index is 12.8. The standard InChI is InChI=1S/C19H25N3O6S2/c1-3-27-19(25)22-15(23)12-6-9-29-17(12)21-16(24)18-20-13-5-4-11(10-14(13)30-18)28-8-7-26-2/h4-5,10,12,17-18,20H,3,6-9H2,1-2H3,(H,21,24)(H,22,23,25). The lowest BCUT2D eigenvalue weighted by atomic mass is 10.1. The summed E-state index contributed by atoms with van der Waals surface area (Å²) in [6, 6.07) is 5.60. The van der Waals surface area contributed by atoms with Crippen LogP contribution in [0.4, 0.5) is 10.5 Å². The first-order chi connectivity index (χ1) is 14.5. The Bertz CT molecular complexity index is 794. The molecule has 2 aliphatic heterocycles. The average Bonchev–Trinajstić information content (AvgIpc) is 3.34. The molecule has 1 aromatic rings. The van der Waals surface area contributed by atoms with Crippen LogP contribution in [-0.2, 0) is 19.1 Å². The second kappa shape index (κ2) is 10.8. The second-order valence-corrected chi connectivity index (χ2v) is 8.94. The first kappa shape index (κ1) is 22.6. The van der Waals surface area contributed by atoms with Crippen LogP contribution in [0.3, 0.4) is 0 Å². The fourth-order valence-electron chi connectivity index (χ4n) is 3.05. The molecule has 3 atom stereocenters. The molecule has 0 aromatic heterocycles. The van der Waals surface area contributed by atoms with Crippen LogP contribution in [-0.4, -0.2) is 61.3 Å². The van der Waals surface area contributed by atoms with E-state index in [0.29, 0.717) is 25.4 Å². The number of imide groups is 1. The summed E-state index contributed by atoms with van der Waals surface area (Å²) in [5.41, 5.74) is 0.856. The highest BCUT2D eigenvalue weighted by molar-refractivity contribution is 8.01. The molecule has 0 radical (unpaired) electrons. The van der Waals surface area contributed by atoms with E-state index in [1.54, 1.807) is 14.0 Å². The molecule has 30 heavy (non-hydrogen) atoms. The lowest BCUT2D eigenvalue weighted by molar-refractivity contribution is -0.125. The predicted octanol–water partition coefficient (Wildman–Crippen LogP) is 2.02. The maximum absolute atomic E-state index is 12.8. The number of alkyl carbamates (subject to hydrolysis) is 1. The van der Waals surface area contributed by atoms with Crippen LogP contribution >= 0.6 is 23.5 Å². The Balaban J connectivity index is 1.54. The summed E-state index contributed by atoms with van der Waals surface area (Å²) >= 11 is 2.88. The van der Waals surface area contributed by atoms with E-state index in [4.69, 9.17) is 14.2 Å². The predicted molar refractivity (Wildman–Crippen MR) is 115 cm³/mol. The average molecular weight is 456 g/mol. The number of benzene rings is 1. The van der Waals surface area contributed by atoms with Crippen LogP contribution in [0.15, 0.2) is 23.1 Å². The SMILES string of the molecule is CCOC(=O)NC(=O)C1CCSC1NC(=O)C1Nc2ccc(OCCOC)cc2S1. The van der Waals surface area contributed by atoms with Crippen molar-refractivity contribution < 1.29 is 28.6 Å². The largest absolute Gasteiger partial charge is 0.491 e. The molecule has 3 unspecified atom stereocenters. The molecule has 9 nitrogen and oxygen atoms in total. The van der Waals surface area contributed by atoms with Crippen molar-refractivity contribution in [3.8, 4) is 5.75 Å². The number of hydrogen-bond donors (Lipinski definition) is 3. The van der Waals surface area contributed by atoms with Gasteiger partial charge in [0.15, 0.2) is 5.37 Å². The number of methoxy groups -OCH3 is 1. The van der Waals surface area contributed by atoms with Crippen LogP contribution in [0.5, 0.6) is 5.75 Å². The minimum atomic E-state index is -0.767. The van der Waals surface area contributed by atoms with Gasteiger partial charge in [-0.2, -0.15) is 0 Å². The lowest BCUT2D eigenvalue weighted by Gasteiger charge is -2.21. The highest BCUT2D eigenvalue weighted by Gasteiger charge is 2.38. The normalized spacial score (nSPS) is 22.0. The maximum Gasteiger partial charge on any atom is 0.413 e. The number of nitrogens with one attached hydrogen (secondary N) is 3. The third-order valence-corrected chi connectivity index (χ3v) is 6.93. The van der Waals surface area contributed by atoms with Crippen molar-refractivity contribution in [1.82, 2.24) is 10.6 Å². The smallest absolute Gasteiger partial charge is 0.413 e. The number of anilines is 1. The molecule has 0 spiro atoms. The highest BCUT2D eigenvalue weighted by atomic mass is 32.2. The number of thioether (sulfide) groups is 2. The third kappa shape index (κ3) is 5.73. The van der Waals surface area contributed by atoms with Crippen LogP contribution in [0.2, 0.25) is 0 Å². The molecule has 164 valence electrons. The van der Waals surface area contributed by atoms with Crippen molar-refractivity contribution >= 4 is 47.1 Å². The number of amides is 3. The molecule has 3 rings (SSSR count). The van der Waals surface area contributed by atoms with E-state index < -0.39 is 28.7 Å². The Morgan fingerprint density at radius 1 is 1.23 bits per heavy atom. The molecule has 3 N–H and O–H groups in total. The molecular formula is C19H25N3O6S2. The zero-order valence-electron chi connectivity index (χ0n) is 16.8. The Kier molecular flexibility index (Phi) is 8.11. The van der Waals surface area contributed by atoms with Gasteiger partial charge in [-0.15, -0.1) is 11.8 Å². The summed E-state index contributed by atoms with van der Waals surface area (Å²) < 4.78 is 15.3. The number of ether oxygens (including phenoxy) is 3. The van der Waals surface area contributed by atoms with Gasteiger partial charge < -0.3 is 24.8 Å². The molecule has 1 saturated heterocycles. The van der Waals surface area contributed by atoms with Gasteiger partial charge in [0.05, 0.1) is 24.5 Å². The first-order valence-electron chi connectivity index (χ1n) is 9.60. The molecule has 2 aliphatic rings. The van der Waals surface area contributed by atoms with Crippen LogP contribution < -0.4 is 20.7 Å². The van der Waals surface area contributed by atoms with E-state index in [1.165, 1.54) is 23.5 Å². The van der Waals surface area contributed by atoms with Crippen molar-refractivity contribution in [1.29, 1.82) is 0 Å². The number of carbonyl (C=O) groups is 3. The lowest BCUT2D eigenvalue weighted by Crippen LogP contribution is -2.47. The second-order valence-electron chi connectivity index (χ2n) is 6.55. The van der Waals surface area contributed by atoms with Gasteiger partial charge in [-0.25, -0.2) is 4.79 Å². The summed E-state index contributed by atoms with van der Waals surface area (Å²) in [6.45, 7) is 2.80. The van der Waals surface area contributed by atoms with E-state index in [-0.39, 0.29) is 12.5 Å². The van der Waals surface area contributed by atoms with Crippen LogP contribution in [0.25, 0.3) is 0 Å². The van der Waals surface area contributed by atoms with Gasteiger partial charge in [-0.05, 0) is 37.3 Å². The molecule has 0 bridgehead atoms. The summed E-state index contributed by atoms with van der Waals surface area (Å²) in [4.78, 5) is 37.6. The molecule has 0 aliphatic carbocycles. The molecule has 1 fully saturated rings. The van der Waals surface area contributed by atoms with Crippen LogP contribution in [0, 0.1) is 5.92 Å². The van der Waals surface area contributed by atoms with Gasteiger partial charge in [0.2, 0.25) is 5.91 Å². The van der Waals surface area contributed by atoms with Gasteiger partial charge in [0, 0.05) is 17.7 Å². The molecule has 0 saturated carbocycles. The minimum absolute atomic E-state index is 0.183. The molecule has 1 aromatic carbocycles. The van der Waals surface area contributed by atoms with Gasteiger partial charge in [0.25, 0.3) is 5.91 Å². The molecule has 2 heterocycles. The minimum Gasteiger partial charge on any atom is -0.491 e. The Morgan fingerprint density at radius 2 is 2.07 bits per heavy atom. The van der Waals surface area contributed by atoms with Crippen molar-refractivity contribution in [2.75, 3.05) is 38.0 Å². The van der Waals surface area contributed by atoms with Gasteiger partial charge in [0.1, 0.15) is 12.4 Å². The van der Waals surface area contributed by atoms with E-state index in [2.05, 4.69) is 16.0 Å². The number of hydrogen-bond acceptors (Lipinski definition) is 9. The zero-order valence-corrected chi connectivity index (χ0v) is 18.4.